The molecule has 0 spiro atoms. The van der Waals surface area contributed by atoms with Crippen LogP contribution in [-0.4, -0.2) is 23.3 Å². The third kappa shape index (κ3) is 2.82. The highest BCUT2D eigenvalue weighted by Crippen LogP contribution is 2.30. The summed E-state index contributed by atoms with van der Waals surface area (Å²) in [6, 6.07) is 16.2. The van der Waals surface area contributed by atoms with E-state index in [-0.39, 0.29) is 5.28 Å². The van der Waals surface area contributed by atoms with Crippen molar-refractivity contribution in [2.24, 2.45) is 0 Å². The summed E-state index contributed by atoms with van der Waals surface area (Å²) in [5, 5.41) is 1.25. The number of thioether (sulfide) groups is 1. The maximum Gasteiger partial charge on any atom is 0.224 e. The van der Waals surface area contributed by atoms with Gasteiger partial charge in [-0.05, 0) is 54.3 Å². The number of halogens is 1. The predicted octanol–water partition coefficient (Wildman–Crippen LogP) is 4.77. The summed E-state index contributed by atoms with van der Waals surface area (Å²) < 4.78 is 0. The first-order chi connectivity index (χ1) is 10.2. The molecule has 0 radical (unpaired) electrons. The summed E-state index contributed by atoms with van der Waals surface area (Å²) in [6.45, 7) is 0. The van der Waals surface area contributed by atoms with Crippen molar-refractivity contribution < 1.29 is 0 Å². The van der Waals surface area contributed by atoms with E-state index in [9.17, 15) is 0 Å². The van der Waals surface area contributed by atoms with E-state index >= 15 is 0 Å². The summed E-state index contributed by atoms with van der Waals surface area (Å²) in [7, 11) is 1.99. The molecule has 2 aromatic carbocycles. The number of para-hydroxylation sites is 1. The van der Waals surface area contributed by atoms with Gasteiger partial charge in [-0.15, -0.1) is 11.8 Å². The molecule has 106 valence electrons. The van der Waals surface area contributed by atoms with Crippen LogP contribution in [0.5, 0.6) is 0 Å². The van der Waals surface area contributed by atoms with Gasteiger partial charge in [0.25, 0.3) is 0 Å². The lowest BCUT2D eigenvalue weighted by atomic mass is 10.2. The van der Waals surface area contributed by atoms with Crippen molar-refractivity contribution in [2.45, 2.75) is 4.90 Å². The minimum atomic E-state index is 0.260. The van der Waals surface area contributed by atoms with Crippen molar-refractivity contribution in [3.05, 3.63) is 53.8 Å². The Balaban J connectivity index is 2.09. The lowest BCUT2D eigenvalue weighted by molar-refractivity contribution is 1.11. The second-order valence-corrected chi connectivity index (χ2v) is 5.81. The Kier molecular flexibility index (Phi) is 3.99. The number of hydrogen-bond donors (Lipinski definition) is 0. The van der Waals surface area contributed by atoms with E-state index in [0.29, 0.717) is 0 Å². The maximum atomic E-state index is 6.05. The predicted molar refractivity (Wildman–Crippen MR) is 90.8 cm³/mol. The fraction of sp³-hybridized carbons (Fsp3) is 0.125. The Morgan fingerprint density at radius 2 is 1.71 bits per heavy atom. The van der Waals surface area contributed by atoms with Crippen molar-refractivity contribution in [3.63, 3.8) is 0 Å². The lowest BCUT2D eigenvalue weighted by Crippen LogP contribution is -2.12. The number of rotatable bonds is 3. The standard InChI is InChI=1S/C16H14ClN3S/c1-20(11-7-9-12(21-2)10-8-11)15-13-5-3-4-6-14(13)18-16(17)19-15/h3-10H,1-2H3. The number of aromatic nitrogens is 2. The highest BCUT2D eigenvalue weighted by atomic mass is 35.5. The first-order valence-corrected chi connectivity index (χ1v) is 8.09. The minimum absolute atomic E-state index is 0.260. The van der Waals surface area contributed by atoms with E-state index in [2.05, 4.69) is 40.5 Å². The highest BCUT2D eigenvalue weighted by Gasteiger charge is 2.12. The third-order valence-corrected chi connectivity index (χ3v) is 4.25. The Labute approximate surface area is 133 Å². The molecule has 3 nitrogen and oxygen atoms in total. The molecule has 0 aliphatic rings. The molecule has 0 N–H and O–H groups in total. The second-order valence-electron chi connectivity index (χ2n) is 4.59. The zero-order chi connectivity index (χ0) is 14.8. The average Bonchev–Trinajstić information content (AvgIpc) is 2.53. The van der Waals surface area contributed by atoms with Crippen LogP contribution in [0.3, 0.4) is 0 Å². The molecular formula is C16H14ClN3S. The van der Waals surface area contributed by atoms with Crippen molar-refractivity contribution in [3.8, 4) is 0 Å². The molecule has 0 aliphatic heterocycles. The van der Waals surface area contributed by atoms with E-state index in [1.54, 1.807) is 11.8 Å². The van der Waals surface area contributed by atoms with Crippen LogP contribution in [-0.2, 0) is 0 Å². The zero-order valence-electron chi connectivity index (χ0n) is 11.7. The minimum Gasteiger partial charge on any atom is -0.329 e. The molecule has 0 aliphatic carbocycles. The van der Waals surface area contributed by atoms with E-state index in [0.717, 1.165) is 22.4 Å². The first kappa shape index (κ1) is 14.2. The topological polar surface area (TPSA) is 29.0 Å². The molecule has 21 heavy (non-hydrogen) atoms. The highest BCUT2D eigenvalue weighted by molar-refractivity contribution is 7.98. The molecule has 0 saturated carbocycles. The number of benzene rings is 2. The second kappa shape index (κ2) is 5.92. The molecule has 3 rings (SSSR count). The van der Waals surface area contributed by atoms with Crippen LogP contribution in [0.15, 0.2) is 53.4 Å². The fourth-order valence-electron chi connectivity index (χ4n) is 2.22. The van der Waals surface area contributed by atoms with E-state index in [1.165, 1.54) is 4.90 Å². The molecule has 0 amide bonds. The molecule has 0 fully saturated rings. The normalized spacial score (nSPS) is 10.8. The SMILES string of the molecule is CSc1ccc(N(C)c2nc(Cl)nc3ccccc23)cc1. The van der Waals surface area contributed by atoms with Gasteiger partial charge in [-0.25, -0.2) is 4.98 Å². The van der Waals surface area contributed by atoms with E-state index < -0.39 is 0 Å². The van der Waals surface area contributed by atoms with Gasteiger partial charge in [-0.2, -0.15) is 4.98 Å². The van der Waals surface area contributed by atoms with Gasteiger partial charge in [0, 0.05) is 23.0 Å². The lowest BCUT2D eigenvalue weighted by Gasteiger charge is -2.20. The molecule has 1 aromatic heterocycles. The molecular weight excluding hydrogens is 302 g/mol. The molecule has 3 aromatic rings. The zero-order valence-corrected chi connectivity index (χ0v) is 13.3. The Bertz CT molecular complexity index is 774. The van der Waals surface area contributed by atoms with Gasteiger partial charge in [-0.3, -0.25) is 0 Å². The van der Waals surface area contributed by atoms with Gasteiger partial charge in [-0.1, -0.05) is 12.1 Å². The van der Waals surface area contributed by atoms with Crippen LogP contribution in [0.25, 0.3) is 10.9 Å². The first-order valence-electron chi connectivity index (χ1n) is 6.49. The monoisotopic (exact) mass is 315 g/mol. The van der Waals surface area contributed by atoms with Crippen molar-refractivity contribution in [1.29, 1.82) is 0 Å². The van der Waals surface area contributed by atoms with E-state index in [4.69, 9.17) is 11.6 Å². The van der Waals surface area contributed by atoms with Crippen molar-refractivity contribution in [1.82, 2.24) is 9.97 Å². The maximum absolute atomic E-state index is 6.05. The summed E-state index contributed by atoms with van der Waals surface area (Å²) in [4.78, 5) is 11.9. The van der Waals surface area contributed by atoms with Gasteiger partial charge in [0.1, 0.15) is 5.82 Å². The van der Waals surface area contributed by atoms with Crippen LogP contribution in [0, 0.1) is 0 Å². The number of nitrogens with zero attached hydrogens (tertiary/aromatic N) is 3. The smallest absolute Gasteiger partial charge is 0.224 e. The molecule has 0 unspecified atom stereocenters. The molecule has 1 heterocycles. The quantitative estimate of drug-likeness (QED) is 0.514. The third-order valence-electron chi connectivity index (χ3n) is 3.33. The molecule has 5 heteroatoms. The number of hydrogen-bond acceptors (Lipinski definition) is 4. The largest absolute Gasteiger partial charge is 0.329 e. The van der Waals surface area contributed by atoms with E-state index in [1.807, 2.05) is 36.2 Å². The van der Waals surface area contributed by atoms with Crippen LogP contribution in [0.1, 0.15) is 0 Å². The van der Waals surface area contributed by atoms with Crippen molar-refractivity contribution >= 4 is 45.8 Å². The van der Waals surface area contributed by atoms with Gasteiger partial charge in [0.2, 0.25) is 5.28 Å². The van der Waals surface area contributed by atoms with Crippen LogP contribution in [0.4, 0.5) is 11.5 Å². The number of anilines is 2. The fourth-order valence-corrected chi connectivity index (χ4v) is 2.80. The summed E-state index contributed by atoms with van der Waals surface area (Å²) >= 11 is 7.78. The summed E-state index contributed by atoms with van der Waals surface area (Å²) in [5.74, 6) is 0.808. The Hall–Kier alpha value is -1.78. The van der Waals surface area contributed by atoms with Gasteiger partial charge >= 0.3 is 0 Å². The molecule has 0 saturated heterocycles. The van der Waals surface area contributed by atoms with Crippen molar-refractivity contribution in [2.75, 3.05) is 18.2 Å². The van der Waals surface area contributed by atoms with Gasteiger partial charge in [0.05, 0.1) is 5.52 Å². The van der Waals surface area contributed by atoms with Crippen LogP contribution in [0.2, 0.25) is 5.28 Å². The van der Waals surface area contributed by atoms with Crippen LogP contribution >= 0.6 is 23.4 Å². The molecule has 0 atom stereocenters. The van der Waals surface area contributed by atoms with Crippen LogP contribution < -0.4 is 4.90 Å². The Morgan fingerprint density at radius 1 is 1.00 bits per heavy atom. The van der Waals surface area contributed by atoms with Gasteiger partial charge in [0.15, 0.2) is 0 Å². The summed E-state index contributed by atoms with van der Waals surface area (Å²) in [5.41, 5.74) is 1.91. The van der Waals surface area contributed by atoms with Gasteiger partial charge < -0.3 is 4.90 Å². The Morgan fingerprint density at radius 3 is 2.43 bits per heavy atom. The summed E-state index contributed by atoms with van der Waals surface area (Å²) in [6.07, 6.45) is 2.07. The average molecular weight is 316 g/mol. The molecule has 0 bridgehead atoms. The number of fused-ring (bicyclic) bond motifs is 1.